The molecule has 0 saturated heterocycles. The van der Waals surface area contributed by atoms with Crippen LogP contribution in [0.25, 0.3) is 0 Å². The molecule has 0 radical (unpaired) electrons. The Hall–Kier alpha value is -2.13. The van der Waals surface area contributed by atoms with Crippen molar-refractivity contribution in [2.75, 3.05) is 11.5 Å². The van der Waals surface area contributed by atoms with E-state index in [1.807, 2.05) is 31.2 Å². The highest BCUT2D eigenvalue weighted by molar-refractivity contribution is 7.89. The zero-order valence-corrected chi connectivity index (χ0v) is 17.0. The van der Waals surface area contributed by atoms with Gasteiger partial charge < -0.3 is 9.64 Å². The Bertz CT molecular complexity index is 1070. The second-order valence-electron chi connectivity index (χ2n) is 6.33. The maximum atomic E-state index is 12.6. The number of esters is 1. The minimum Gasteiger partial charge on any atom is -0.452 e. The fraction of sp³-hybridized carbons (Fsp3) is 0.222. The average molecular weight is 443 g/mol. The topological polar surface area (TPSA) is 107 Å². The summed E-state index contributed by atoms with van der Waals surface area (Å²) in [5.41, 5.74) is 1.56. The number of carbonyl (C=O) groups excluding carboxylic acids is 2. The molecule has 0 spiro atoms. The first-order chi connectivity index (χ1) is 13.1. The van der Waals surface area contributed by atoms with Crippen LogP contribution in [0.5, 0.6) is 0 Å². The van der Waals surface area contributed by atoms with E-state index in [1.54, 1.807) is 4.90 Å². The van der Waals surface area contributed by atoms with Crippen LogP contribution in [0.2, 0.25) is 10.0 Å². The average Bonchev–Trinajstić information content (AvgIpc) is 2.94. The molecule has 148 valence electrons. The maximum absolute atomic E-state index is 12.6. The lowest BCUT2D eigenvalue weighted by molar-refractivity contribution is -0.122. The van der Waals surface area contributed by atoms with E-state index in [1.165, 1.54) is 0 Å². The van der Waals surface area contributed by atoms with Gasteiger partial charge >= 0.3 is 5.97 Å². The lowest BCUT2D eigenvalue weighted by atomic mass is 10.1. The van der Waals surface area contributed by atoms with Crippen molar-refractivity contribution in [3.05, 3.63) is 57.6 Å². The van der Waals surface area contributed by atoms with E-state index in [-0.39, 0.29) is 21.7 Å². The Morgan fingerprint density at radius 1 is 1.21 bits per heavy atom. The molecule has 2 aromatic carbocycles. The minimum absolute atomic E-state index is 0.0725. The van der Waals surface area contributed by atoms with Gasteiger partial charge in [0.2, 0.25) is 10.0 Å². The summed E-state index contributed by atoms with van der Waals surface area (Å²) in [6.45, 7) is 1.37. The molecule has 10 heteroatoms. The number of amides is 1. The summed E-state index contributed by atoms with van der Waals surface area (Å²) in [7, 11) is -4.16. The van der Waals surface area contributed by atoms with Gasteiger partial charge in [0.25, 0.3) is 5.91 Å². The fourth-order valence-corrected chi connectivity index (χ4v) is 4.52. The standard InChI is InChI=1S/C18H16Cl2N2O5S/c1-10-6-11-4-2-3-5-15(11)22(10)17(23)9-27-18(24)12-7-16(28(21,25)26)14(20)8-13(12)19/h2-5,7-8,10H,6,9H2,1H3,(H2,21,25,26). The predicted octanol–water partition coefficient (Wildman–Crippen LogP) is 2.78. The number of primary sulfonamides is 1. The largest absolute Gasteiger partial charge is 0.452 e. The number of anilines is 1. The number of para-hydroxylation sites is 1. The molecule has 0 aliphatic carbocycles. The number of nitrogens with zero attached hydrogens (tertiary/aromatic N) is 1. The van der Waals surface area contributed by atoms with Crippen molar-refractivity contribution >= 4 is 50.8 Å². The maximum Gasteiger partial charge on any atom is 0.340 e. The van der Waals surface area contributed by atoms with E-state index in [0.29, 0.717) is 6.42 Å². The number of fused-ring (bicyclic) bond motifs is 1. The van der Waals surface area contributed by atoms with Gasteiger partial charge in [0.15, 0.2) is 6.61 Å². The highest BCUT2D eigenvalue weighted by Crippen LogP contribution is 2.32. The van der Waals surface area contributed by atoms with Crippen LogP contribution < -0.4 is 10.0 Å². The summed E-state index contributed by atoms with van der Waals surface area (Å²) in [5.74, 6) is -1.36. The van der Waals surface area contributed by atoms with E-state index in [0.717, 1.165) is 23.4 Å². The molecular formula is C18H16Cl2N2O5S. The molecule has 0 aromatic heterocycles. The summed E-state index contributed by atoms with van der Waals surface area (Å²) in [5, 5.41) is 4.74. The van der Waals surface area contributed by atoms with Gasteiger partial charge in [-0.15, -0.1) is 0 Å². The Kier molecular flexibility index (Phi) is 5.67. The van der Waals surface area contributed by atoms with Gasteiger partial charge in [-0.05, 0) is 37.1 Å². The number of carbonyl (C=O) groups is 2. The number of rotatable bonds is 4. The zero-order valence-electron chi connectivity index (χ0n) is 14.7. The van der Waals surface area contributed by atoms with Crippen molar-refractivity contribution in [2.45, 2.75) is 24.3 Å². The molecule has 1 amide bonds. The molecule has 28 heavy (non-hydrogen) atoms. The third-order valence-corrected chi connectivity index (χ3v) is 6.04. The second-order valence-corrected chi connectivity index (χ2v) is 8.67. The van der Waals surface area contributed by atoms with Crippen LogP contribution in [0.3, 0.4) is 0 Å². The summed E-state index contributed by atoms with van der Waals surface area (Å²) in [6, 6.07) is 9.43. The number of ether oxygens (including phenoxy) is 1. The van der Waals surface area contributed by atoms with Crippen molar-refractivity contribution in [3.63, 3.8) is 0 Å². The smallest absolute Gasteiger partial charge is 0.340 e. The van der Waals surface area contributed by atoms with E-state index < -0.39 is 33.4 Å². The van der Waals surface area contributed by atoms with E-state index >= 15 is 0 Å². The Morgan fingerprint density at radius 2 is 1.89 bits per heavy atom. The highest BCUT2D eigenvalue weighted by Gasteiger charge is 2.31. The first kappa shape index (κ1) is 20.6. The molecule has 1 atom stereocenters. The third-order valence-electron chi connectivity index (χ3n) is 4.35. The Labute approximate surface area is 172 Å². The van der Waals surface area contributed by atoms with Crippen molar-refractivity contribution in [1.82, 2.24) is 0 Å². The lowest BCUT2D eigenvalue weighted by Crippen LogP contribution is -2.38. The van der Waals surface area contributed by atoms with Crippen molar-refractivity contribution in [1.29, 1.82) is 0 Å². The van der Waals surface area contributed by atoms with E-state index in [2.05, 4.69) is 0 Å². The number of hydrogen-bond donors (Lipinski definition) is 1. The van der Waals surface area contributed by atoms with Gasteiger partial charge in [-0.3, -0.25) is 4.79 Å². The molecule has 1 aliphatic rings. The summed E-state index contributed by atoms with van der Waals surface area (Å²) in [6.07, 6.45) is 0.705. The van der Waals surface area contributed by atoms with Crippen LogP contribution in [0.1, 0.15) is 22.8 Å². The highest BCUT2D eigenvalue weighted by atomic mass is 35.5. The summed E-state index contributed by atoms with van der Waals surface area (Å²) in [4.78, 5) is 26.1. The van der Waals surface area contributed by atoms with Crippen LogP contribution in [0, 0.1) is 0 Å². The fourth-order valence-electron chi connectivity index (χ4n) is 3.12. The number of hydrogen-bond acceptors (Lipinski definition) is 5. The van der Waals surface area contributed by atoms with Crippen molar-refractivity contribution < 1.29 is 22.7 Å². The summed E-state index contributed by atoms with van der Waals surface area (Å²) < 4.78 is 28.2. The predicted molar refractivity (Wildman–Crippen MR) is 105 cm³/mol. The molecule has 7 nitrogen and oxygen atoms in total. The number of nitrogens with two attached hydrogens (primary N) is 1. The van der Waals surface area contributed by atoms with E-state index in [4.69, 9.17) is 33.1 Å². The molecule has 1 heterocycles. The van der Waals surface area contributed by atoms with Crippen LogP contribution >= 0.6 is 23.2 Å². The Morgan fingerprint density at radius 3 is 2.57 bits per heavy atom. The van der Waals surface area contributed by atoms with Gasteiger partial charge in [0, 0.05) is 11.7 Å². The molecule has 0 bridgehead atoms. The number of benzene rings is 2. The first-order valence-corrected chi connectivity index (χ1v) is 10.5. The van der Waals surface area contributed by atoms with Crippen LogP contribution in [-0.2, 0) is 26.0 Å². The van der Waals surface area contributed by atoms with Crippen LogP contribution in [0.15, 0.2) is 41.3 Å². The van der Waals surface area contributed by atoms with Crippen LogP contribution in [-0.4, -0.2) is 32.9 Å². The van der Waals surface area contributed by atoms with Gasteiger partial charge in [0.05, 0.1) is 15.6 Å². The number of sulfonamides is 1. The zero-order chi connectivity index (χ0) is 20.6. The molecule has 0 saturated carbocycles. The molecule has 3 rings (SSSR count). The molecule has 1 unspecified atom stereocenters. The van der Waals surface area contributed by atoms with Gasteiger partial charge in [-0.1, -0.05) is 41.4 Å². The third kappa shape index (κ3) is 4.00. The second kappa shape index (κ2) is 7.71. The van der Waals surface area contributed by atoms with Crippen LogP contribution in [0.4, 0.5) is 5.69 Å². The molecule has 2 N–H and O–H groups in total. The van der Waals surface area contributed by atoms with Crippen molar-refractivity contribution in [3.8, 4) is 0 Å². The lowest BCUT2D eigenvalue weighted by Gasteiger charge is -2.22. The monoisotopic (exact) mass is 442 g/mol. The Balaban J connectivity index is 1.77. The quantitative estimate of drug-likeness (QED) is 0.732. The van der Waals surface area contributed by atoms with E-state index in [9.17, 15) is 18.0 Å². The SMILES string of the molecule is CC1Cc2ccccc2N1C(=O)COC(=O)c1cc(S(N)(=O)=O)c(Cl)cc1Cl. The molecule has 0 fully saturated rings. The first-order valence-electron chi connectivity index (χ1n) is 8.18. The van der Waals surface area contributed by atoms with Gasteiger partial charge in [-0.25, -0.2) is 18.4 Å². The number of halogens is 2. The molecular weight excluding hydrogens is 427 g/mol. The molecule has 1 aliphatic heterocycles. The van der Waals surface area contributed by atoms with Gasteiger partial charge in [0.1, 0.15) is 4.90 Å². The minimum atomic E-state index is -4.16. The molecule has 2 aromatic rings. The van der Waals surface area contributed by atoms with Gasteiger partial charge in [-0.2, -0.15) is 0 Å². The summed E-state index contributed by atoms with van der Waals surface area (Å²) >= 11 is 11.8. The van der Waals surface area contributed by atoms with Crippen molar-refractivity contribution in [2.24, 2.45) is 5.14 Å². The normalized spacial score (nSPS) is 16.0.